The molecule has 114 valence electrons. The van der Waals surface area contributed by atoms with Gasteiger partial charge in [-0.3, -0.25) is 4.79 Å². The van der Waals surface area contributed by atoms with Crippen LogP contribution in [0.25, 0.3) is 0 Å². The van der Waals surface area contributed by atoms with Crippen molar-refractivity contribution < 1.29 is 18.3 Å². The second-order valence-electron chi connectivity index (χ2n) is 4.69. The molecule has 0 radical (unpaired) electrons. The molecule has 0 aliphatic carbocycles. The molecule has 1 aromatic rings. The van der Waals surface area contributed by atoms with Gasteiger partial charge in [0.1, 0.15) is 5.82 Å². The largest absolute Gasteiger partial charge is 0.481 e. The van der Waals surface area contributed by atoms with Crippen LogP contribution in [0.4, 0.5) is 0 Å². The minimum Gasteiger partial charge on any atom is -0.481 e. The van der Waals surface area contributed by atoms with E-state index < -0.39 is 21.9 Å². The molecule has 0 saturated heterocycles. The van der Waals surface area contributed by atoms with Gasteiger partial charge in [-0.15, -0.1) is 0 Å². The number of aliphatic carboxylic acids is 1. The molecule has 0 aliphatic rings. The predicted molar refractivity (Wildman–Crippen MR) is 73.9 cm³/mol. The lowest BCUT2D eigenvalue weighted by molar-refractivity contribution is -0.141. The van der Waals surface area contributed by atoms with Crippen molar-refractivity contribution in [2.24, 2.45) is 5.92 Å². The Labute approximate surface area is 119 Å². The number of hydrogen-bond acceptors (Lipinski definition) is 4. The summed E-state index contributed by atoms with van der Waals surface area (Å²) in [7, 11) is -3.62. The van der Waals surface area contributed by atoms with Crippen LogP contribution in [-0.4, -0.2) is 35.6 Å². The molecule has 2 N–H and O–H groups in total. The van der Waals surface area contributed by atoms with Gasteiger partial charge in [-0.2, -0.15) is 0 Å². The molecular formula is C12H21N3O4S. The van der Waals surface area contributed by atoms with Gasteiger partial charge < -0.3 is 9.67 Å². The summed E-state index contributed by atoms with van der Waals surface area (Å²) >= 11 is 0. The lowest BCUT2D eigenvalue weighted by Gasteiger charge is -2.06. The summed E-state index contributed by atoms with van der Waals surface area (Å²) in [4.78, 5) is 14.6. The van der Waals surface area contributed by atoms with Crippen LogP contribution in [0.1, 0.15) is 32.5 Å². The van der Waals surface area contributed by atoms with Gasteiger partial charge in [-0.25, -0.2) is 18.1 Å². The zero-order chi connectivity index (χ0) is 15.3. The third-order valence-corrected chi connectivity index (χ3v) is 4.43. The molecule has 1 atom stereocenters. The van der Waals surface area contributed by atoms with Crippen molar-refractivity contribution in [3.8, 4) is 0 Å². The monoisotopic (exact) mass is 303 g/mol. The second-order valence-corrected chi connectivity index (χ2v) is 6.41. The van der Waals surface area contributed by atoms with Crippen molar-refractivity contribution >= 4 is 16.0 Å². The normalized spacial score (nSPS) is 13.3. The highest BCUT2D eigenvalue weighted by Gasteiger charge is 2.18. The van der Waals surface area contributed by atoms with Gasteiger partial charge in [-0.05, 0) is 26.7 Å². The van der Waals surface area contributed by atoms with Crippen molar-refractivity contribution in [2.45, 2.75) is 45.2 Å². The van der Waals surface area contributed by atoms with Crippen molar-refractivity contribution in [3.63, 3.8) is 0 Å². The van der Waals surface area contributed by atoms with Gasteiger partial charge in [0.25, 0.3) is 10.0 Å². The third-order valence-electron chi connectivity index (χ3n) is 3.10. The fourth-order valence-corrected chi connectivity index (χ4v) is 2.82. The minimum absolute atomic E-state index is 0.00290. The molecule has 1 rings (SSSR count). The maximum absolute atomic E-state index is 12.0. The summed E-state index contributed by atoms with van der Waals surface area (Å²) in [6.45, 7) is 6.12. The molecule has 20 heavy (non-hydrogen) atoms. The number of sulfonamides is 1. The first-order valence-corrected chi connectivity index (χ1v) is 8.02. The SMILES string of the molecule is CCn1cc(S(=O)(=O)NCCCC(C)C(=O)O)nc1C. The van der Waals surface area contributed by atoms with Crippen LogP contribution in [0, 0.1) is 12.8 Å². The number of imidazole rings is 1. The first-order valence-electron chi connectivity index (χ1n) is 6.54. The van der Waals surface area contributed by atoms with Crippen LogP contribution >= 0.6 is 0 Å². The molecule has 7 nitrogen and oxygen atoms in total. The zero-order valence-electron chi connectivity index (χ0n) is 12.0. The van der Waals surface area contributed by atoms with Gasteiger partial charge in [0.2, 0.25) is 0 Å². The first kappa shape index (κ1) is 16.6. The van der Waals surface area contributed by atoms with Crippen LogP contribution in [0.3, 0.4) is 0 Å². The molecule has 1 aromatic heterocycles. The summed E-state index contributed by atoms with van der Waals surface area (Å²) in [6, 6.07) is 0. The molecule has 1 unspecified atom stereocenters. The van der Waals surface area contributed by atoms with Crippen molar-refractivity contribution in [1.82, 2.24) is 14.3 Å². The molecule has 0 amide bonds. The lowest BCUT2D eigenvalue weighted by atomic mass is 10.1. The molecule has 0 aliphatic heterocycles. The van der Waals surface area contributed by atoms with Gasteiger partial charge >= 0.3 is 5.97 Å². The average molecular weight is 303 g/mol. The van der Waals surface area contributed by atoms with E-state index >= 15 is 0 Å². The van der Waals surface area contributed by atoms with E-state index in [0.29, 0.717) is 25.2 Å². The number of carboxylic acids is 1. The smallest absolute Gasteiger partial charge is 0.306 e. The Morgan fingerprint density at radius 2 is 2.20 bits per heavy atom. The Bertz CT molecular complexity index is 565. The van der Waals surface area contributed by atoms with E-state index in [2.05, 4.69) is 9.71 Å². The molecule has 0 bridgehead atoms. The van der Waals surface area contributed by atoms with Gasteiger partial charge in [0.15, 0.2) is 5.03 Å². The summed E-state index contributed by atoms with van der Waals surface area (Å²) in [5.41, 5.74) is 0. The number of carbonyl (C=O) groups is 1. The fraction of sp³-hybridized carbons (Fsp3) is 0.667. The average Bonchev–Trinajstić information content (AvgIpc) is 2.76. The summed E-state index contributed by atoms with van der Waals surface area (Å²) < 4.78 is 28.2. The Morgan fingerprint density at radius 1 is 1.55 bits per heavy atom. The summed E-state index contributed by atoms with van der Waals surface area (Å²) in [5, 5.41) is 8.73. The topological polar surface area (TPSA) is 101 Å². The highest BCUT2D eigenvalue weighted by molar-refractivity contribution is 7.89. The molecule has 0 spiro atoms. The van der Waals surface area contributed by atoms with Crippen molar-refractivity contribution in [2.75, 3.05) is 6.54 Å². The third kappa shape index (κ3) is 4.31. The maximum atomic E-state index is 12.0. The first-order chi connectivity index (χ1) is 9.27. The minimum atomic E-state index is -3.62. The predicted octanol–water partition coefficient (Wildman–Crippen LogP) is 0.991. The number of hydrogen-bond donors (Lipinski definition) is 2. The summed E-state index contributed by atoms with van der Waals surface area (Å²) in [5.74, 6) is -0.696. The lowest BCUT2D eigenvalue weighted by Crippen LogP contribution is -2.26. The van der Waals surface area contributed by atoms with Gasteiger partial charge in [0.05, 0.1) is 5.92 Å². The van der Waals surface area contributed by atoms with E-state index in [-0.39, 0.29) is 11.6 Å². The van der Waals surface area contributed by atoms with Crippen molar-refractivity contribution in [1.29, 1.82) is 0 Å². The molecule has 1 heterocycles. The second kappa shape index (κ2) is 6.85. The van der Waals surface area contributed by atoms with Crippen molar-refractivity contribution in [3.05, 3.63) is 12.0 Å². The Hall–Kier alpha value is -1.41. The number of rotatable bonds is 8. The van der Waals surface area contributed by atoms with Crippen LogP contribution in [0.2, 0.25) is 0 Å². The Kier molecular flexibility index (Phi) is 5.70. The summed E-state index contributed by atoms with van der Waals surface area (Å²) in [6.07, 6.45) is 2.40. The molecule has 8 heteroatoms. The van der Waals surface area contributed by atoms with Crippen LogP contribution in [-0.2, 0) is 21.4 Å². The van der Waals surface area contributed by atoms with Crippen LogP contribution in [0.15, 0.2) is 11.2 Å². The Morgan fingerprint density at radius 3 is 2.70 bits per heavy atom. The van der Waals surface area contributed by atoms with Crippen LogP contribution < -0.4 is 4.72 Å². The number of aryl methyl sites for hydroxylation is 2. The number of nitrogens with zero attached hydrogens (tertiary/aromatic N) is 2. The standard InChI is InChI=1S/C12H21N3O4S/c1-4-15-8-11(14-10(15)3)20(18,19)13-7-5-6-9(2)12(16)17/h8-9,13H,4-7H2,1-3H3,(H,16,17). The van der Waals surface area contributed by atoms with E-state index in [1.54, 1.807) is 18.4 Å². The fourth-order valence-electron chi connectivity index (χ4n) is 1.74. The van der Waals surface area contributed by atoms with Crippen LogP contribution in [0.5, 0.6) is 0 Å². The Balaban J connectivity index is 2.55. The highest BCUT2D eigenvalue weighted by Crippen LogP contribution is 2.10. The van der Waals surface area contributed by atoms with E-state index in [1.165, 1.54) is 6.20 Å². The molecule has 0 saturated carbocycles. The van der Waals surface area contributed by atoms with E-state index in [4.69, 9.17) is 5.11 Å². The molecular weight excluding hydrogens is 282 g/mol. The van der Waals surface area contributed by atoms with E-state index in [1.807, 2.05) is 6.92 Å². The molecule has 0 fully saturated rings. The maximum Gasteiger partial charge on any atom is 0.306 e. The number of carboxylic acid groups (broad SMARTS) is 1. The zero-order valence-corrected chi connectivity index (χ0v) is 12.8. The number of aromatic nitrogens is 2. The molecule has 0 aromatic carbocycles. The van der Waals surface area contributed by atoms with E-state index in [0.717, 1.165) is 0 Å². The number of nitrogens with one attached hydrogen (secondary N) is 1. The van der Waals surface area contributed by atoms with E-state index in [9.17, 15) is 13.2 Å². The van der Waals surface area contributed by atoms with Gasteiger partial charge in [-0.1, -0.05) is 6.92 Å². The van der Waals surface area contributed by atoms with Gasteiger partial charge in [0, 0.05) is 19.3 Å². The quantitative estimate of drug-likeness (QED) is 0.697. The highest BCUT2D eigenvalue weighted by atomic mass is 32.2.